The number of unbranched alkanes of at least 4 members (excludes halogenated alkanes) is 1. The normalized spacial score (nSPS) is 11.6. The maximum absolute atomic E-state index is 10.7. The van der Waals surface area contributed by atoms with E-state index in [0.29, 0.717) is 6.16 Å². The zero-order valence-corrected chi connectivity index (χ0v) is 7.39. The standard InChI is InChI=1S/C6H14O3P/c1-8-5-3-4-6-10(7)9-2/h3-6H2,1-2H3/q+1. The van der Waals surface area contributed by atoms with Crippen LogP contribution in [0.25, 0.3) is 0 Å². The van der Waals surface area contributed by atoms with Gasteiger partial charge < -0.3 is 4.74 Å². The van der Waals surface area contributed by atoms with Gasteiger partial charge in [0.05, 0.1) is 7.11 Å². The number of rotatable bonds is 6. The summed E-state index contributed by atoms with van der Waals surface area (Å²) in [6.45, 7) is 0.743. The lowest BCUT2D eigenvalue weighted by Gasteiger charge is -1.91. The molecule has 60 valence electrons. The number of hydrogen-bond donors (Lipinski definition) is 0. The van der Waals surface area contributed by atoms with Crippen molar-refractivity contribution in [2.45, 2.75) is 12.8 Å². The fourth-order valence-corrected chi connectivity index (χ4v) is 1.24. The van der Waals surface area contributed by atoms with Crippen LogP contribution >= 0.6 is 8.03 Å². The lowest BCUT2D eigenvalue weighted by atomic mass is 10.4. The lowest BCUT2D eigenvalue weighted by molar-refractivity contribution is 0.194. The Bertz CT molecular complexity index is 95.0. The van der Waals surface area contributed by atoms with E-state index in [0.717, 1.165) is 19.4 Å². The first-order chi connectivity index (χ1) is 4.81. The molecule has 0 bridgehead atoms. The summed E-state index contributed by atoms with van der Waals surface area (Å²) in [5.74, 6) is 0. The summed E-state index contributed by atoms with van der Waals surface area (Å²) >= 11 is 0. The summed E-state index contributed by atoms with van der Waals surface area (Å²) < 4.78 is 20.1. The van der Waals surface area contributed by atoms with E-state index in [4.69, 9.17) is 4.74 Å². The fourth-order valence-electron chi connectivity index (χ4n) is 0.579. The van der Waals surface area contributed by atoms with Crippen LogP contribution in [-0.2, 0) is 13.8 Å². The molecule has 0 fully saturated rings. The Kier molecular flexibility index (Phi) is 7.15. The predicted octanol–water partition coefficient (Wildman–Crippen LogP) is 1.80. The molecule has 0 heterocycles. The highest BCUT2D eigenvalue weighted by atomic mass is 31.1. The molecule has 3 nitrogen and oxygen atoms in total. The van der Waals surface area contributed by atoms with Gasteiger partial charge >= 0.3 is 8.03 Å². The first kappa shape index (κ1) is 10.0. The van der Waals surface area contributed by atoms with Gasteiger partial charge in [-0.1, -0.05) is 0 Å². The first-order valence-corrected chi connectivity index (χ1v) is 4.65. The third kappa shape index (κ3) is 6.14. The number of hydrogen-bond acceptors (Lipinski definition) is 3. The van der Waals surface area contributed by atoms with E-state index in [1.807, 2.05) is 0 Å². The second-order valence-electron chi connectivity index (χ2n) is 1.94. The molecule has 4 heteroatoms. The molecule has 1 unspecified atom stereocenters. The SMILES string of the molecule is COCCCC[P+](=O)OC. The smallest absolute Gasteiger partial charge is 0.385 e. The summed E-state index contributed by atoms with van der Waals surface area (Å²) in [5, 5.41) is 0. The molecule has 0 aromatic carbocycles. The minimum Gasteiger partial charge on any atom is -0.385 e. The molecule has 1 atom stereocenters. The van der Waals surface area contributed by atoms with Crippen molar-refractivity contribution in [3.05, 3.63) is 0 Å². The zero-order chi connectivity index (χ0) is 7.82. The molecule has 0 aliphatic rings. The van der Waals surface area contributed by atoms with Crippen LogP contribution in [0.5, 0.6) is 0 Å². The van der Waals surface area contributed by atoms with Crippen LogP contribution in [0.3, 0.4) is 0 Å². The molecule has 0 amide bonds. The van der Waals surface area contributed by atoms with Gasteiger partial charge in [-0.05, 0) is 17.4 Å². The van der Waals surface area contributed by atoms with Crippen molar-refractivity contribution in [1.29, 1.82) is 0 Å². The Balaban J connectivity index is 2.96. The van der Waals surface area contributed by atoms with E-state index in [9.17, 15) is 4.57 Å². The van der Waals surface area contributed by atoms with Crippen molar-refractivity contribution in [3.8, 4) is 0 Å². The Morgan fingerprint density at radius 3 is 2.50 bits per heavy atom. The monoisotopic (exact) mass is 165 g/mol. The van der Waals surface area contributed by atoms with Crippen LogP contribution in [0, 0.1) is 0 Å². The van der Waals surface area contributed by atoms with Crippen molar-refractivity contribution in [1.82, 2.24) is 0 Å². The Morgan fingerprint density at radius 1 is 1.30 bits per heavy atom. The highest BCUT2D eigenvalue weighted by Crippen LogP contribution is 2.21. The largest absolute Gasteiger partial charge is 0.507 e. The van der Waals surface area contributed by atoms with E-state index in [1.54, 1.807) is 7.11 Å². The highest BCUT2D eigenvalue weighted by molar-refractivity contribution is 7.39. The molecule has 0 saturated heterocycles. The molecule has 10 heavy (non-hydrogen) atoms. The highest BCUT2D eigenvalue weighted by Gasteiger charge is 2.12. The van der Waals surface area contributed by atoms with E-state index >= 15 is 0 Å². The Labute approximate surface area is 62.6 Å². The van der Waals surface area contributed by atoms with Crippen LogP contribution in [0.1, 0.15) is 12.8 Å². The molecule has 0 spiro atoms. The Hall–Kier alpha value is 0.0200. The quantitative estimate of drug-likeness (QED) is 0.444. The average molecular weight is 165 g/mol. The summed E-state index contributed by atoms with van der Waals surface area (Å²) in [4.78, 5) is 0. The summed E-state index contributed by atoms with van der Waals surface area (Å²) in [6.07, 6.45) is 2.52. The van der Waals surface area contributed by atoms with Crippen LogP contribution in [0.4, 0.5) is 0 Å². The van der Waals surface area contributed by atoms with Crippen molar-refractivity contribution in [3.63, 3.8) is 0 Å². The van der Waals surface area contributed by atoms with Gasteiger partial charge in [-0.3, -0.25) is 0 Å². The van der Waals surface area contributed by atoms with Crippen LogP contribution in [0.2, 0.25) is 0 Å². The lowest BCUT2D eigenvalue weighted by Crippen LogP contribution is -1.89. The summed E-state index contributed by atoms with van der Waals surface area (Å²) in [7, 11) is 1.73. The fraction of sp³-hybridized carbons (Fsp3) is 1.00. The molecule has 0 radical (unpaired) electrons. The van der Waals surface area contributed by atoms with Gasteiger partial charge in [0.1, 0.15) is 0 Å². The topological polar surface area (TPSA) is 35.5 Å². The molecule has 0 rings (SSSR count). The van der Waals surface area contributed by atoms with Crippen LogP contribution < -0.4 is 0 Å². The average Bonchev–Trinajstić information content (AvgIpc) is 1.98. The molecule has 0 saturated carbocycles. The van der Waals surface area contributed by atoms with Crippen molar-refractivity contribution < 1.29 is 13.8 Å². The van der Waals surface area contributed by atoms with Gasteiger partial charge in [-0.2, -0.15) is 0 Å². The van der Waals surface area contributed by atoms with Gasteiger partial charge in [0, 0.05) is 13.7 Å². The Morgan fingerprint density at radius 2 is 2.00 bits per heavy atom. The second-order valence-corrected chi connectivity index (χ2v) is 3.42. The van der Waals surface area contributed by atoms with E-state index in [2.05, 4.69) is 4.52 Å². The van der Waals surface area contributed by atoms with Gasteiger partial charge in [0.25, 0.3) is 0 Å². The van der Waals surface area contributed by atoms with Crippen molar-refractivity contribution >= 4 is 8.03 Å². The van der Waals surface area contributed by atoms with Gasteiger partial charge in [0.15, 0.2) is 6.16 Å². The number of ether oxygens (including phenoxy) is 1. The maximum atomic E-state index is 10.7. The molecule has 0 N–H and O–H groups in total. The minimum atomic E-state index is -1.40. The summed E-state index contributed by atoms with van der Waals surface area (Å²) in [6, 6.07) is 0. The first-order valence-electron chi connectivity index (χ1n) is 3.29. The van der Waals surface area contributed by atoms with Crippen LogP contribution in [-0.4, -0.2) is 27.0 Å². The molecular formula is C6H14O3P+. The van der Waals surface area contributed by atoms with Crippen molar-refractivity contribution in [2.75, 3.05) is 27.0 Å². The molecule has 0 aromatic rings. The second kappa shape index (κ2) is 7.13. The maximum Gasteiger partial charge on any atom is 0.507 e. The van der Waals surface area contributed by atoms with Gasteiger partial charge in [0.2, 0.25) is 0 Å². The number of methoxy groups -OCH3 is 1. The summed E-state index contributed by atoms with van der Waals surface area (Å²) in [5.41, 5.74) is 0. The third-order valence-corrected chi connectivity index (χ3v) is 2.23. The molecule has 0 aliphatic carbocycles. The van der Waals surface area contributed by atoms with E-state index < -0.39 is 8.03 Å². The molecular weight excluding hydrogens is 151 g/mol. The molecule has 0 aliphatic heterocycles. The predicted molar refractivity (Wildman–Crippen MR) is 40.6 cm³/mol. The minimum absolute atomic E-state index is 0.648. The molecule has 0 aromatic heterocycles. The van der Waals surface area contributed by atoms with Crippen molar-refractivity contribution in [2.24, 2.45) is 0 Å². The zero-order valence-electron chi connectivity index (χ0n) is 6.50. The van der Waals surface area contributed by atoms with E-state index in [-0.39, 0.29) is 0 Å². The van der Waals surface area contributed by atoms with Gasteiger partial charge in [-0.15, -0.1) is 4.52 Å². The van der Waals surface area contributed by atoms with E-state index in [1.165, 1.54) is 7.11 Å². The third-order valence-electron chi connectivity index (χ3n) is 1.14. The van der Waals surface area contributed by atoms with Gasteiger partial charge in [-0.25, -0.2) is 0 Å². The van der Waals surface area contributed by atoms with Crippen LogP contribution in [0.15, 0.2) is 0 Å².